The predicted octanol–water partition coefficient (Wildman–Crippen LogP) is 3.79. The zero-order chi connectivity index (χ0) is 19.9. The number of carbonyl (C=O) groups is 2. The monoisotopic (exact) mass is 380 g/mol. The van der Waals surface area contributed by atoms with Crippen LogP contribution in [-0.4, -0.2) is 29.0 Å². The lowest BCUT2D eigenvalue weighted by Crippen LogP contribution is -2.14. The third-order valence-electron chi connectivity index (χ3n) is 4.03. The van der Waals surface area contributed by atoms with Crippen LogP contribution >= 0.6 is 0 Å². The second-order valence-electron chi connectivity index (χ2n) is 6.42. The van der Waals surface area contributed by atoms with Crippen LogP contribution in [0.15, 0.2) is 53.1 Å². The Hall–Kier alpha value is -3.48. The van der Waals surface area contributed by atoms with E-state index in [1.807, 2.05) is 24.3 Å². The highest BCUT2D eigenvalue weighted by molar-refractivity contribution is 5.75. The van der Waals surface area contributed by atoms with Gasteiger partial charge in [-0.1, -0.05) is 43.3 Å². The molecule has 0 amide bonds. The van der Waals surface area contributed by atoms with Crippen molar-refractivity contribution in [2.24, 2.45) is 0 Å². The van der Waals surface area contributed by atoms with Crippen LogP contribution in [0.2, 0.25) is 0 Å². The SMILES string of the molecule is CC(C)c1ccc(-c2noc(COC(=O)COc3ccc(C=O)cc3)n2)cc1. The number of benzene rings is 2. The number of ether oxygens (including phenoxy) is 2. The summed E-state index contributed by atoms with van der Waals surface area (Å²) in [7, 11) is 0. The summed E-state index contributed by atoms with van der Waals surface area (Å²) in [5.41, 5.74) is 2.58. The van der Waals surface area contributed by atoms with Gasteiger partial charge < -0.3 is 14.0 Å². The van der Waals surface area contributed by atoms with E-state index in [2.05, 4.69) is 24.0 Å². The lowest BCUT2D eigenvalue weighted by molar-refractivity contribution is -0.148. The van der Waals surface area contributed by atoms with Crippen molar-refractivity contribution >= 4 is 12.3 Å². The highest BCUT2D eigenvalue weighted by Crippen LogP contribution is 2.20. The Morgan fingerprint density at radius 2 is 1.82 bits per heavy atom. The van der Waals surface area contributed by atoms with Gasteiger partial charge in [0.15, 0.2) is 13.2 Å². The molecule has 7 heteroatoms. The quantitative estimate of drug-likeness (QED) is 0.433. The molecule has 0 aliphatic rings. The van der Waals surface area contributed by atoms with Crippen LogP contribution in [0.4, 0.5) is 0 Å². The van der Waals surface area contributed by atoms with Crippen molar-refractivity contribution in [3.05, 3.63) is 65.5 Å². The topological polar surface area (TPSA) is 91.5 Å². The van der Waals surface area contributed by atoms with Crippen molar-refractivity contribution < 1.29 is 23.6 Å². The van der Waals surface area contributed by atoms with E-state index in [9.17, 15) is 9.59 Å². The van der Waals surface area contributed by atoms with Gasteiger partial charge in [-0.05, 0) is 35.7 Å². The smallest absolute Gasteiger partial charge is 0.344 e. The first kappa shape index (κ1) is 19.3. The first-order valence-electron chi connectivity index (χ1n) is 8.81. The van der Waals surface area contributed by atoms with Crippen LogP contribution in [0, 0.1) is 0 Å². The molecule has 0 spiro atoms. The molecule has 0 bridgehead atoms. The number of esters is 1. The van der Waals surface area contributed by atoms with Gasteiger partial charge in [0.25, 0.3) is 5.89 Å². The number of nitrogens with zero attached hydrogens (tertiary/aromatic N) is 2. The number of hydrogen-bond donors (Lipinski definition) is 0. The van der Waals surface area contributed by atoms with Gasteiger partial charge in [-0.25, -0.2) is 4.79 Å². The Bertz CT molecular complexity index is 930. The first-order valence-corrected chi connectivity index (χ1v) is 8.81. The summed E-state index contributed by atoms with van der Waals surface area (Å²) >= 11 is 0. The maximum atomic E-state index is 11.8. The van der Waals surface area contributed by atoms with E-state index in [0.717, 1.165) is 11.8 Å². The van der Waals surface area contributed by atoms with Crippen LogP contribution < -0.4 is 4.74 Å². The fraction of sp³-hybridized carbons (Fsp3) is 0.238. The molecule has 0 saturated carbocycles. The number of carbonyl (C=O) groups excluding carboxylic acids is 2. The molecule has 0 fully saturated rings. The standard InChI is InChI=1S/C21H20N2O5/c1-14(2)16-5-7-17(8-6-16)21-22-19(28-23-21)12-27-20(25)13-26-18-9-3-15(11-24)4-10-18/h3-11,14H,12-13H2,1-2H3. The summed E-state index contributed by atoms with van der Waals surface area (Å²) in [6.45, 7) is 3.85. The minimum Gasteiger partial charge on any atom is -0.482 e. The van der Waals surface area contributed by atoms with Crippen LogP contribution in [0.25, 0.3) is 11.4 Å². The molecule has 0 aliphatic heterocycles. The molecule has 3 rings (SSSR count). The Morgan fingerprint density at radius 1 is 1.11 bits per heavy atom. The van der Waals surface area contributed by atoms with Crippen molar-refractivity contribution in [2.75, 3.05) is 6.61 Å². The minimum absolute atomic E-state index is 0.136. The largest absolute Gasteiger partial charge is 0.482 e. The first-order chi connectivity index (χ1) is 13.5. The second kappa shape index (κ2) is 8.94. The molecule has 3 aromatic rings. The summed E-state index contributed by atoms with van der Waals surface area (Å²) in [4.78, 5) is 26.6. The molecule has 0 N–H and O–H groups in total. The molecule has 2 aromatic carbocycles. The molecular weight excluding hydrogens is 360 g/mol. The Labute approximate surface area is 162 Å². The van der Waals surface area contributed by atoms with Gasteiger partial charge in [0.05, 0.1) is 0 Å². The van der Waals surface area contributed by atoms with Gasteiger partial charge >= 0.3 is 5.97 Å². The highest BCUT2D eigenvalue weighted by Gasteiger charge is 2.12. The van der Waals surface area contributed by atoms with Crippen molar-refractivity contribution in [2.45, 2.75) is 26.4 Å². The van der Waals surface area contributed by atoms with Gasteiger partial charge in [0, 0.05) is 11.1 Å². The summed E-state index contributed by atoms with van der Waals surface area (Å²) in [5, 5.41) is 3.91. The average Bonchev–Trinajstić information content (AvgIpc) is 3.20. The van der Waals surface area contributed by atoms with Gasteiger partial charge in [-0.15, -0.1) is 0 Å². The Morgan fingerprint density at radius 3 is 2.46 bits per heavy atom. The molecule has 0 saturated heterocycles. The van der Waals surface area contributed by atoms with E-state index in [1.165, 1.54) is 5.56 Å². The summed E-state index contributed by atoms with van der Waals surface area (Å²) in [6, 6.07) is 14.3. The van der Waals surface area contributed by atoms with E-state index >= 15 is 0 Å². The lowest BCUT2D eigenvalue weighted by Gasteiger charge is -2.05. The Balaban J connectivity index is 1.49. The molecule has 0 radical (unpaired) electrons. The van der Waals surface area contributed by atoms with E-state index in [1.54, 1.807) is 24.3 Å². The maximum Gasteiger partial charge on any atom is 0.344 e. The third-order valence-corrected chi connectivity index (χ3v) is 4.03. The van der Waals surface area contributed by atoms with Crippen LogP contribution in [0.5, 0.6) is 5.75 Å². The van der Waals surface area contributed by atoms with Crippen LogP contribution in [0.3, 0.4) is 0 Å². The number of aromatic nitrogens is 2. The average molecular weight is 380 g/mol. The van der Waals surface area contributed by atoms with E-state index < -0.39 is 5.97 Å². The molecule has 7 nitrogen and oxygen atoms in total. The van der Waals surface area contributed by atoms with E-state index in [-0.39, 0.29) is 19.1 Å². The molecule has 0 atom stereocenters. The molecule has 28 heavy (non-hydrogen) atoms. The zero-order valence-electron chi connectivity index (χ0n) is 15.6. The van der Waals surface area contributed by atoms with E-state index in [0.29, 0.717) is 23.1 Å². The number of aldehydes is 1. The second-order valence-corrected chi connectivity index (χ2v) is 6.42. The minimum atomic E-state index is -0.569. The van der Waals surface area contributed by atoms with Gasteiger partial charge in [-0.2, -0.15) is 4.98 Å². The summed E-state index contributed by atoms with van der Waals surface area (Å²) < 4.78 is 15.5. The van der Waals surface area contributed by atoms with Crippen molar-refractivity contribution in [3.63, 3.8) is 0 Å². The van der Waals surface area contributed by atoms with Crippen LogP contribution in [0.1, 0.15) is 41.6 Å². The maximum absolute atomic E-state index is 11.8. The zero-order valence-corrected chi connectivity index (χ0v) is 15.6. The van der Waals surface area contributed by atoms with Gasteiger partial charge in [-0.3, -0.25) is 4.79 Å². The van der Waals surface area contributed by atoms with Crippen molar-refractivity contribution in [3.8, 4) is 17.1 Å². The summed E-state index contributed by atoms with van der Waals surface area (Å²) in [6.07, 6.45) is 0.732. The Kier molecular flexibility index (Phi) is 6.16. The molecule has 1 aromatic heterocycles. The normalized spacial score (nSPS) is 10.7. The molecule has 0 aliphatic carbocycles. The molecule has 1 heterocycles. The molecule has 0 unspecified atom stereocenters. The number of rotatable bonds is 8. The summed E-state index contributed by atoms with van der Waals surface area (Å²) in [5.74, 6) is 0.979. The third kappa shape index (κ3) is 5.03. The van der Waals surface area contributed by atoms with Gasteiger partial charge in [0.2, 0.25) is 5.82 Å². The van der Waals surface area contributed by atoms with E-state index in [4.69, 9.17) is 14.0 Å². The predicted molar refractivity (Wildman–Crippen MR) is 101 cm³/mol. The van der Waals surface area contributed by atoms with Gasteiger partial charge in [0.1, 0.15) is 12.0 Å². The van der Waals surface area contributed by atoms with Crippen molar-refractivity contribution in [1.29, 1.82) is 0 Å². The fourth-order valence-electron chi connectivity index (χ4n) is 2.42. The number of hydrogen-bond acceptors (Lipinski definition) is 7. The molecule has 144 valence electrons. The van der Waals surface area contributed by atoms with Crippen LogP contribution in [-0.2, 0) is 16.1 Å². The van der Waals surface area contributed by atoms with Crippen molar-refractivity contribution in [1.82, 2.24) is 10.1 Å². The fourth-order valence-corrected chi connectivity index (χ4v) is 2.42. The highest BCUT2D eigenvalue weighted by atomic mass is 16.6. The lowest BCUT2D eigenvalue weighted by atomic mass is 10.0. The molecular formula is C21H20N2O5.